The first-order valence-corrected chi connectivity index (χ1v) is 11.1. The van der Waals surface area contributed by atoms with Gasteiger partial charge in [-0.2, -0.15) is 16.3 Å². The van der Waals surface area contributed by atoms with E-state index in [1.165, 1.54) is 11.8 Å². The van der Waals surface area contributed by atoms with E-state index in [9.17, 15) is 4.79 Å². The highest BCUT2D eigenvalue weighted by Gasteiger charge is 2.11. The quantitative estimate of drug-likeness (QED) is 0.410. The van der Waals surface area contributed by atoms with Crippen LogP contribution in [0.3, 0.4) is 0 Å². The van der Waals surface area contributed by atoms with E-state index in [0.29, 0.717) is 23.3 Å². The molecule has 4 aromatic rings. The molecule has 0 radical (unpaired) electrons. The Morgan fingerprint density at radius 1 is 1.10 bits per heavy atom. The number of nitrogens with zero attached hydrogens (tertiary/aromatic N) is 4. The van der Waals surface area contributed by atoms with Crippen molar-refractivity contribution in [3.63, 3.8) is 0 Å². The summed E-state index contributed by atoms with van der Waals surface area (Å²) >= 11 is 3.06. The zero-order chi connectivity index (χ0) is 20.9. The van der Waals surface area contributed by atoms with Crippen molar-refractivity contribution in [1.29, 1.82) is 0 Å². The second kappa shape index (κ2) is 9.19. The Balaban J connectivity index is 1.29. The fraction of sp³-hybridized carbons (Fsp3) is 0.190. The van der Waals surface area contributed by atoms with E-state index < -0.39 is 0 Å². The number of hydrogen-bond acceptors (Lipinski definition) is 8. The Morgan fingerprint density at radius 2 is 1.87 bits per heavy atom. The largest absolute Gasteiger partial charge is 0.339 e. The van der Waals surface area contributed by atoms with Gasteiger partial charge < -0.3 is 9.84 Å². The lowest BCUT2D eigenvalue weighted by Gasteiger charge is -2.06. The fourth-order valence-corrected chi connectivity index (χ4v) is 4.26. The van der Waals surface area contributed by atoms with Crippen molar-refractivity contribution in [3.05, 3.63) is 64.4 Å². The first-order chi connectivity index (χ1) is 14.5. The molecule has 3 heterocycles. The fourth-order valence-electron chi connectivity index (χ4n) is 2.76. The van der Waals surface area contributed by atoms with Crippen LogP contribution < -0.4 is 5.32 Å². The van der Waals surface area contributed by atoms with Gasteiger partial charge in [0.2, 0.25) is 17.6 Å². The third kappa shape index (κ3) is 5.31. The number of nitrogens with one attached hydrogen (secondary N) is 1. The molecule has 0 aliphatic heterocycles. The Hall–Kier alpha value is -3.04. The van der Waals surface area contributed by atoms with E-state index in [-0.39, 0.29) is 12.3 Å². The number of benzene rings is 1. The lowest BCUT2D eigenvalue weighted by atomic mass is 10.2. The molecular formula is C21H19N5O2S2. The zero-order valence-electron chi connectivity index (χ0n) is 16.5. The highest BCUT2D eigenvalue weighted by molar-refractivity contribution is 7.99. The van der Waals surface area contributed by atoms with E-state index in [2.05, 4.69) is 25.4 Å². The van der Waals surface area contributed by atoms with E-state index in [1.807, 2.05) is 61.0 Å². The van der Waals surface area contributed by atoms with Crippen LogP contribution in [-0.2, 0) is 11.2 Å². The third-order valence-corrected chi connectivity index (χ3v) is 5.68. The van der Waals surface area contributed by atoms with Gasteiger partial charge in [-0.15, -0.1) is 0 Å². The molecule has 0 saturated carbocycles. The monoisotopic (exact) mass is 437 g/mol. The predicted molar refractivity (Wildman–Crippen MR) is 117 cm³/mol. The summed E-state index contributed by atoms with van der Waals surface area (Å²) in [5, 5.41) is 11.5. The molecule has 0 saturated heterocycles. The van der Waals surface area contributed by atoms with E-state index in [0.717, 1.165) is 27.5 Å². The van der Waals surface area contributed by atoms with Crippen molar-refractivity contribution < 1.29 is 9.32 Å². The molecule has 4 rings (SSSR count). The van der Waals surface area contributed by atoms with Gasteiger partial charge >= 0.3 is 0 Å². The summed E-state index contributed by atoms with van der Waals surface area (Å²) in [6, 6.07) is 11.5. The molecule has 0 spiro atoms. The number of rotatable bonds is 7. The Kier molecular flexibility index (Phi) is 6.20. The van der Waals surface area contributed by atoms with Gasteiger partial charge in [0, 0.05) is 45.8 Å². The van der Waals surface area contributed by atoms with Gasteiger partial charge in [0.1, 0.15) is 0 Å². The summed E-state index contributed by atoms with van der Waals surface area (Å²) in [6.45, 7) is 3.91. The number of carbonyl (C=O) groups is 1. The Labute approximate surface area is 182 Å². The number of carbonyl (C=O) groups excluding carboxylic acids is 1. The van der Waals surface area contributed by atoms with Crippen LogP contribution in [-0.4, -0.2) is 26.0 Å². The lowest BCUT2D eigenvalue weighted by Crippen LogP contribution is -2.12. The van der Waals surface area contributed by atoms with Crippen LogP contribution in [0.4, 0.5) is 5.69 Å². The molecular weight excluding hydrogens is 418 g/mol. The van der Waals surface area contributed by atoms with Gasteiger partial charge in [-0.1, -0.05) is 5.16 Å². The maximum Gasteiger partial charge on any atom is 0.227 e. The van der Waals surface area contributed by atoms with Gasteiger partial charge in [-0.25, -0.2) is 9.97 Å². The standard InChI is InChI=1S/C21H19N5O2S2/c1-13-11-14(2)23-21(22-13)30-17-5-3-16(4-6-17)24-18(27)7-8-19-25-20(26-28-19)15-9-10-29-12-15/h3-6,9-12H,7-8H2,1-2H3,(H,24,27). The smallest absolute Gasteiger partial charge is 0.227 e. The molecule has 0 fully saturated rings. The molecule has 152 valence electrons. The van der Waals surface area contributed by atoms with Crippen LogP contribution in [0.5, 0.6) is 0 Å². The number of aryl methyl sites for hydroxylation is 3. The summed E-state index contributed by atoms with van der Waals surface area (Å²) in [4.78, 5) is 26.4. The summed E-state index contributed by atoms with van der Waals surface area (Å²) in [7, 11) is 0. The minimum absolute atomic E-state index is 0.108. The van der Waals surface area contributed by atoms with Crippen LogP contribution in [0.2, 0.25) is 0 Å². The van der Waals surface area contributed by atoms with E-state index >= 15 is 0 Å². The van der Waals surface area contributed by atoms with Crippen LogP contribution >= 0.6 is 23.1 Å². The van der Waals surface area contributed by atoms with Gasteiger partial charge in [0.25, 0.3) is 0 Å². The van der Waals surface area contributed by atoms with Gasteiger partial charge in [-0.05, 0) is 67.4 Å². The molecule has 1 aromatic carbocycles. The summed E-state index contributed by atoms with van der Waals surface area (Å²) in [6.07, 6.45) is 0.652. The maximum absolute atomic E-state index is 12.2. The van der Waals surface area contributed by atoms with Crippen molar-refractivity contribution >= 4 is 34.7 Å². The number of anilines is 1. The normalized spacial score (nSPS) is 10.9. The molecule has 0 aliphatic rings. The van der Waals surface area contributed by atoms with Crippen LogP contribution in [0.15, 0.2) is 61.7 Å². The molecule has 0 unspecified atom stereocenters. The third-order valence-electron chi connectivity index (χ3n) is 4.12. The SMILES string of the molecule is Cc1cc(C)nc(Sc2ccc(NC(=O)CCc3nc(-c4ccsc4)no3)cc2)n1. The Bertz CT molecular complexity index is 1120. The van der Waals surface area contributed by atoms with Crippen LogP contribution in [0.1, 0.15) is 23.7 Å². The zero-order valence-corrected chi connectivity index (χ0v) is 18.1. The van der Waals surface area contributed by atoms with Gasteiger partial charge in [-0.3, -0.25) is 4.79 Å². The molecule has 9 heteroatoms. The molecule has 0 bridgehead atoms. The summed E-state index contributed by atoms with van der Waals surface area (Å²) in [5.74, 6) is 0.891. The molecule has 3 aromatic heterocycles. The average Bonchev–Trinajstić information content (AvgIpc) is 3.39. The second-order valence-electron chi connectivity index (χ2n) is 6.63. The highest BCUT2D eigenvalue weighted by atomic mass is 32.2. The highest BCUT2D eigenvalue weighted by Crippen LogP contribution is 2.26. The topological polar surface area (TPSA) is 93.8 Å². The summed E-state index contributed by atoms with van der Waals surface area (Å²) < 4.78 is 5.23. The molecule has 1 N–H and O–H groups in total. The maximum atomic E-state index is 12.2. The van der Waals surface area contributed by atoms with Crippen molar-refractivity contribution in [2.75, 3.05) is 5.32 Å². The van der Waals surface area contributed by atoms with Crippen molar-refractivity contribution in [2.24, 2.45) is 0 Å². The molecule has 1 amide bonds. The van der Waals surface area contributed by atoms with E-state index in [4.69, 9.17) is 4.52 Å². The number of hydrogen-bond donors (Lipinski definition) is 1. The first-order valence-electron chi connectivity index (χ1n) is 9.30. The lowest BCUT2D eigenvalue weighted by molar-refractivity contribution is -0.116. The minimum Gasteiger partial charge on any atom is -0.339 e. The number of aromatic nitrogens is 4. The number of amides is 1. The Morgan fingerprint density at radius 3 is 2.57 bits per heavy atom. The van der Waals surface area contributed by atoms with Crippen molar-refractivity contribution in [3.8, 4) is 11.4 Å². The molecule has 0 atom stereocenters. The molecule has 7 nitrogen and oxygen atoms in total. The van der Waals surface area contributed by atoms with E-state index in [1.54, 1.807) is 11.3 Å². The molecule has 30 heavy (non-hydrogen) atoms. The van der Waals surface area contributed by atoms with Crippen molar-refractivity contribution in [1.82, 2.24) is 20.1 Å². The van der Waals surface area contributed by atoms with Gasteiger partial charge in [0.15, 0.2) is 5.16 Å². The van der Waals surface area contributed by atoms with Crippen LogP contribution in [0.25, 0.3) is 11.4 Å². The van der Waals surface area contributed by atoms with Crippen LogP contribution in [0, 0.1) is 13.8 Å². The first kappa shape index (κ1) is 20.2. The summed E-state index contributed by atoms with van der Waals surface area (Å²) in [5.41, 5.74) is 3.54. The van der Waals surface area contributed by atoms with Crippen molar-refractivity contribution in [2.45, 2.75) is 36.7 Å². The van der Waals surface area contributed by atoms with Gasteiger partial charge in [0.05, 0.1) is 0 Å². The minimum atomic E-state index is -0.108. The molecule has 0 aliphatic carbocycles. The predicted octanol–water partition coefficient (Wildman–Crippen LogP) is 4.93. The number of thiophene rings is 1. The second-order valence-corrected chi connectivity index (χ2v) is 8.45. The average molecular weight is 438 g/mol.